The molecule has 0 rings (SSSR count). The van der Waals surface area contributed by atoms with Crippen LogP contribution in [0.2, 0.25) is 0 Å². The maximum atomic E-state index is 5.53. The normalized spacial score (nSPS) is 14.0. The fourth-order valence-corrected chi connectivity index (χ4v) is 1.07. The molecule has 1 unspecified atom stereocenters. The summed E-state index contributed by atoms with van der Waals surface area (Å²) in [5.74, 6) is 0. The molecule has 0 aromatic heterocycles. The maximum absolute atomic E-state index is 5.53. The van der Waals surface area contributed by atoms with Gasteiger partial charge in [0.05, 0.1) is 0 Å². The fraction of sp³-hybridized carbons (Fsp3) is 1.00. The van der Waals surface area contributed by atoms with Gasteiger partial charge in [-0.05, 0) is 0 Å². The third-order valence-corrected chi connectivity index (χ3v) is 1.76. The number of unbranched alkanes of at least 4 members (excludes halogenated alkanes) is 2. The van der Waals surface area contributed by atoms with E-state index >= 15 is 0 Å². The quantitative estimate of drug-likeness (QED) is 0.779. The zero-order chi connectivity index (χ0) is 6.41. The zero-order valence-electron chi connectivity index (χ0n) is 5.32. The van der Waals surface area contributed by atoms with Crippen LogP contribution in [0.4, 0.5) is 0 Å². The van der Waals surface area contributed by atoms with E-state index in [0.717, 1.165) is 0 Å². The van der Waals surface area contributed by atoms with E-state index < -0.39 is 0 Å². The van der Waals surface area contributed by atoms with Gasteiger partial charge in [-0.3, -0.25) is 0 Å². The molecule has 0 bridgehead atoms. The summed E-state index contributed by atoms with van der Waals surface area (Å²) in [6, 6.07) is 0. The van der Waals surface area contributed by atoms with E-state index in [1.807, 2.05) is 0 Å². The van der Waals surface area contributed by atoms with Crippen LogP contribution < -0.4 is 5.73 Å². The Morgan fingerprint density at radius 1 is 1.50 bits per heavy atom. The summed E-state index contributed by atoms with van der Waals surface area (Å²) in [5.41, 5.74) is 5.53. The van der Waals surface area contributed by atoms with Crippen LogP contribution in [0.15, 0.2) is 0 Å². The molecule has 2 heteroatoms. The molecule has 0 spiro atoms. The molecule has 0 saturated carbocycles. The van der Waals surface area contributed by atoms with Gasteiger partial charge >= 0.3 is 61.8 Å². The molecule has 0 heterocycles. The predicted molar refractivity (Wildman–Crippen MR) is 32.1 cm³/mol. The summed E-state index contributed by atoms with van der Waals surface area (Å²) in [6.07, 6.45) is 5.12. The van der Waals surface area contributed by atoms with E-state index in [1.165, 1.54) is 25.7 Å². The molecule has 0 aliphatic rings. The molecule has 1 nitrogen and oxygen atoms in total. The average molecular weight is 292 g/mol. The molecular formula is C6H14IrN. The van der Waals surface area contributed by atoms with Crippen molar-refractivity contribution in [3.63, 3.8) is 0 Å². The van der Waals surface area contributed by atoms with Gasteiger partial charge in [-0.15, -0.1) is 0 Å². The summed E-state index contributed by atoms with van der Waals surface area (Å²) in [4.78, 5) is 0. The van der Waals surface area contributed by atoms with Crippen molar-refractivity contribution in [1.82, 2.24) is 0 Å². The Morgan fingerprint density at radius 3 is 2.50 bits per heavy atom. The van der Waals surface area contributed by atoms with Crippen LogP contribution in [0, 0.1) is 0 Å². The van der Waals surface area contributed by atoms with Crippen LogP contribution in [0.25, 0.3) is 0 Å². The molecule has 0 amide bonds. The molecule has 0 aliphatic heterocycles. The van der Waals surface area contributed by atoms with Gasteiger partial charge in [-0.2, -0.15) is 0 Å². The number of rotatable bonds is 4. The minimum atomic E-state index is 0.404. The standard InChI is InChI=1S/C6H14N.Ir/c1-2-3-4-5-6-7;/h6H,2-5,7H2,1H3;. The molecule has 0 radical (unpaired) electrons. The summed E-state index contributed by atoms with van der Waals surface area (Å²) < 4.78 is 0.404. The van der Waals surface area contributed by atoms with Gasteiger partial charge in [0.25, 0.3) is 0 Å². The van der Waals surface area contributed by atoms with Crippen molar-refractivity contribution in [3.8, 4) is 0 Å². The topological polar surface area (TPSA) is 26.0 Å². The molecule has 0 saturated heterocycles. The van der Waals surface area contributed by atoms with E-state index in [0.29, 0.717) is 4.56 Å². The van der Waals surface area contributed by atoms with Gasteiger partial charge in [0.15, 0.2) is 0 Å². The van der Waals surface area contributed by atoms with Crippen LogP contribution >= 0.6 is 0 Å². The SMILES string of the molecule is CCCCC[CH](N)[Ir]. The molecule has 0 aliphatic carbocycles. The van der Waals surface area contributed by atoms with Gasteiger partial charge in [0, 0.05) is 0 Å². The van der Waals surface area contributed by atoms with E-state index in [2.05, 4.69) is 25.8 Å². The number of nitrogens with two attached hydrogens (primary N) is 1. The second-order valence-corrected chi connectivity index (χ2v) is 3.75. The Balaban J connectivity index is 2.72. The zero-order valence-corrected chi connectivity index (χ0v) is 7.71. The third kappa shape index (κ3) is 6.61. The second kappa shape index (κ2) is 5.74. The summed E-state index contributed by atoms with van der Waals surface area (Å²) >= 11 is 2.07. The minimum absolute atomic E-state index is 0.404. The Morgan fingerprint density at radius 2 is 2.12 bits per heavy atom. The summed E-state index contributed by atoms with van der Waals surface area (Å²) in [6.45, 7) is 2.21. The van der Waals surface area contributed by atoms with Crippen molar-refractivity contribution in [2.45, 2.75) is 37.2 Å². The van der Waals surface area contributed by atoms with Crippen molar-refractivity contribution in [2.75, 3.05) is 0 Å². The molecule has 1 atom stereocenters. The van der Waals surface area contributed by atoms with Crippen LogP contribution in [0.1, 0.15) is 32.6 Å². The van der Waals surface area contributed by atoms with Gasteiger partial charge in [0.1, 0.15) is 0 Å². The average Bonchev–Trinajstić information content (AvgIpc) is 1.66. The monoisotopic (exact) mass is 293 g/mol. The first kappa shape index (κ1) is 8.61. The van der Waals surface area contributed by atoms with Crippen molar-refractivity contribution in [2.24, 2.45) is 5.73 Å². The number of hydrogen-bond donors (Lipinski definition) is 1. The van der Waals surface area contributed by atoms with E-state index in [1.54, 1.807) is 0 Å². The van der Waals surface area contributed by atoms with Crippen LogP contribution in [0.3, 0.4) is 0 Å². The van der Waals surface area contributed by atoms with Crippen LogP contribution in [0.5, 0.6) is 0 Å². The van der Waals surface area contributed by atoms with E-state index in [4.69, 9.17) is 5.73 Å². The molecule has 8 heavy (non-hydrogen) atoms. The van der Waals surface area contributed by atoms with Gasteiger partial charge < -0.3 is 0 Å². The van der Waals surface area contributed by atoms with Crippen LogP contribution in [-0.4, -0.2) is 4.56 Å². The van der Waals surface area contributed by atoms with Crippen molar-refractivity contribution < 1.29 is 18.9 Å². The van der Waals surface area contributed by atoms with E-state index in [9.17, 15) is 0 Å². The molecule has 2 N–H and O–H groups in total. The second-order valence-electron chi connectivity index (χ2n) is 1.98. The Kier molecular flexibility index (Phi) is 6.18. The molecule has 0 aromatic rings. The summed E-state index contributed by atoms with van der Waals surface area (Å²) in [7, 11) is 0. The third-order valence-electron chi connectivity index (χ3n) is 1.07. The fourth-order valence-electron chi connectivity index (χ4n) is 0.580. The molecule has 0 aromatic carbocycles. The Bertz CT molecular complexity index is 45.8. The van der Waals surface area contributed by atoms with Crippen molar-refractivity contribution in [3.05, 3.63) is 0 Å². The summed E-state index contributed by atoms with van der Waals surface area (Å²) in [5, 5.41) is 0. The molecular weight excluding hydrogens is 278 g/mol. The first-order chi connectivity index (χ1) is 3.77. The molecule has 52 valence electrons. The first-order valence-electron chi connectivity index (χ1n) is 3.14. The first-order valence-corrected chi connectivity index (χ1v) is 4.52. The Hall–Kier alpha value is 0.609. The predicted octanol–water partition coefficient (Wildman–Crippen LogP) is 1.40. The Labute approximate surface area is 62.2 Å². The van der Waals surface area contributed by atoms with Crippen molar-refractivity contribution in [1.29, 1.82) is 0 Å². The number of hydrogen-bond acceptors (Lipinski definition) is 1. The van der Waals surface area contributed by atoms with Crippen LogP contribution in [-0.2, 0) is 18.9 Å². The molecule has 0 fully saturated rings. The van der Waals surface area contributed by atoms with E-state index in [-0.39, 0.29) is 0 Å². The van der Waals surface area contributed by atoms with Crippen molar-refractivity contribution >= 4 is 0 Å². The van der Waals surface area contributed by atoms with Gasteiger partial charge in [0.2, 0.25) is 0 Å². The van der Waals surface area contributed by atoms with Gasteiger partial charge in [-0.1, -0.05) is 0 Å². The van der Waals surface area contributed by atoms with Gasteiger partial charge in [-0.25, -0.2) is 0 Å².